The third-order valence-corrected chi connectivity index (χ3v) is 3.71. The first-order valence-corrected chi connectivity index (χ1v) is 6.78. The van der Waals surface area contributed by atoms with Gasteiger partial charge >= 0.3 is 0 Å². The van der Waals surface area contributed by atoms with Crippen molar-refractivity contribution < 1.29 is 9.53 Å². The number of nitriles is 1. The van der Waals surface area contributed by atoms with Crippen molar-refractivity contribution in [3.05, 3.63) is 34.3 Å². The van der Waals surface area contributed by atoms with Gasteiger partial charge in [-0.3, -0.25) is 4.79 Å². The summed E-state index contributed by atoms with van der Waals surface area (Å²) in [7, 11) is 0. The molecule has 0 spiro atoms. The summed E-state index contributed by atoms with van der Waals surface area (Å²) >= 11 is 3.36. The van der Waals surface area contributed by atoms with Gasteiger partial charge in [-0.25, -0.2) is 0 Å². The molecule has 1 aliphatic heterocycles. The molecule has 0 aliphatic carbocycles. The van der Waals surface area contributed by atoms with Crippen LogP contribution in [0.2, 0.25) is 0 Å². The third-order valence-electron chi connectivity index (χ3n) is 3.22. The molecule has 1 saturated heterocycles. The van der Waals surface area contributed by atoms with Gasteiger partial charge in [0.2, 0.25) is 0 Å². The Morgan fingerprint density at radius 3 is 2.78 bits per heavy atom. The molecule has 18 heavy (non-hydrogen) atoms. The van der Waals surface area contributed by atoms with Crippen molar-refractivity contribution in [2.24, 2.45) is 5.92 Å². The van der Waals surface area contributed by atoms with E-state index in [1.54, 1.807) is 0 Å². The van der Waals surface area contributed by atoms with Crippen LogP contribution in [0.15, 0.2) is 28.7 Å². The Morgan fingerprint density at radius 1 is 1.44 bits per heavy atom. The van der Waals surface area contributed by atoms with Crippen LogP contribution in [0.3, 0.4) is 0 Å². The highest BCUT2D eigenvalue weighted by molar-refractivity contribution is 9.10. The van der Waals surface area contributed by atoms with Gasteiger partial charge < -0.3 is 4.74 Å². The number of carbonyl (C=O) groups excluding carboxylic acids is 1. The van der Waals surface area contributed by atoms with Crippen molar-refractivity contribution in [3.8, 4) is 6.07 Å². The second-order valence-electron chi connectivity index (χ2n) is 4.41. The van der Waals surface area contributed by atoms with Crippen molar-refractivity contribution in [1.82, 2.24) is 0 Å². The summed E-state index contributed by atoms with van der Waals surface area (Å²) in [4.78, 5) is 12.3. The Morgan fingerprint density at radius 2 is 2.17 bits per heavy atom. The first-order valence-electron chi connectivity index (χ1n) is 5.99. The minimum absolute atomic E-state index is 0.0268. The monoisotopic (exact) mass is 307 g/mol. The van der Waals surface area contributed by atoms with Crippen LogP contribution in [0.4, 0.5) is 0 Å². The molecule has 2 rings (SSSR count). The van der Waals surface area contributed by atoms with Crippen molar-refractivity contribution in [2.45, 2.75) is 18.8 Å². The lowest BCUT2D eigenvalue weighted by Crippen LogP contribution is -2.27. The van der Waals surface area contributed by atoms with E-state index in [4.69, 9.17) is 4.74 Å². The summed E-state index contributed by atoms with van der Waals surface area (Å²) in [6.45, 7) is 1.24. The molecule has 1 fully saturated rings. The molecule has 0 N–H and O–H groups in total. The van der Waals surface area contributed by atoms with Crippen LogP contribution in [0, 0.1) is 17.2 Å². The highest BCUT2D eigenvalue weighted by Gasteiger charge is 2.29. The summed E-state index contributed by atoms with van der Waals surface area (Å²) in [5.41, 5.74) is 0.767. The van der Waals surface area contributed by atoms with Gasteiger partial charge in [-0.1, -0.05) is 28.1 Å². The lowest BCUT2D eigenvalue weighted by Gasteiger charge is -2.22. The SMILES string of the molecule is N#CC(C(=O)C1CCOCC1)c1cccc(Br)c1. The van der Waals surface area contributed by atoms with Crippen molar-refractivity contribution in [3.63, 3.8) is 0 Å². The number of nitrogens with zero attached hydrogens (tertiary/aromatic N) is 1. The van der Waals surface area contributed by atoms with E-state index in [2.05, 4.69) is 22.0 Å². The molecule has 1 aliphatic rings. The van der Waals surface area contributed by atoms with Crippen LogP contribution in [-0.2, 0) is 9.53 Å². The van der Waals surface area contributed by atoms with Gasteiger partial charge in [-0.05, 0) is 30.5 Å². The molecule has 4 heteroatoms. The number of ether oxygens (including phenoxy) is 1. The smallest absolute Gasteiger partial charge is 0.157 e. The highest BCUT2D eigenvalue weighted by Crippen LogP contribution is 2.27. The van der Waals surface area contributed by atoms with E-state index in [0.717, 1.165) is 22.9 Å². The molecular weight excluding hydrogens is 294 g/mol. The number of hydrogen-bond donors (Lipinski definition) is 0. The van der Waals surface area contributed by atoms with E-state index in [0.29, 0.717) is 13.2 Å². The molecule has 1 aromatic rings. The largest absolute Gasteiger partial charge is 0.381 e. The van der Waals surface area contributed by atoms with Crippen LogP contribution >= 0.6 is 15.9 Å². The van der Waals surface area contributed by atoms with Crippen LogP contribution < -0.4 is 0 Å². The van der Waals surface area contributed by atoms with Crippen molar-refractivity contribution in [2.75, 3.05) is 13.2 Å². The van der Waals surface area contributed by atoms with E-state index in [9.17, 15) is 10.1 Å². The molecule has 0 amide bonds. The van der Waals surface area contributed by atoms with Gasteiger partial charge in [-0.2, -0.15) is 5.26 Å². The van der Waals surface area contributed by atoms with Gasteiger partial charge in [0.1, 0.15) is 5.92 Å². The van der Waals surface area contributed by atoms with Gasteiger partial charge in [0.05, 0.1) is 6.07 Å². The fourth-order valence-electron chi connectivity index (χ4n) is 2.21. The van der Waals surface area contributed by atoms with Gasteiger partial charge in [0.15, 0.2) is 5.78 Å². The lowest BCUT2D eigenvalue weighted by atomic mass is 9.84. The lowest BCUT2D eigenvalue weighted by molar-refractivity contribution is -0.126. The summed E-state index contributed by atoms with van der Waals surface area (Å²) < 4.78 is 6.13. The Labute approximate surface area is 115 Å². The first kappa shape index (κ1) is 13.3. The van der Waals surface area contributed by atoms with Gasteiger partial charge in [0, 0.05) is 23.6 Å². The summed E-state index contributed by atoms with van der Waals surface area (Å²) in [6.07, 6.45) is 1.45. The second-order valence-corrected chi connectivity index (χ2v) is 5.32. The average molecular weight is 308 g/mol. The number of ketones is 1. The fraction of sp³-hybridized carbons (Fsp3) is 0.429. The van der Waals surface area contributed by atoms with Crippen LogP contribution in [-0.4, -0.2) is 19.0 Å². The van der Waals surface area contributed by atoms with E-state index < -0.39 is 5.92 Å². The zero-order valence-electron chi connectivity index (χ0n) is 9.93. The maximum Gasteiger partial charge on any atom is 0.157 e. The van der Waals surface area contributed by atoms with Crippen LogP contribution in [0.25, 0.3) is 0 Å². The Kier molecular flexibility index (Phi) is 4.51. The number of rotatable bonds is 3. The zero-order valence-corrected chi connectivity index (χ0v) is 11.5. The third kappa shape index (κ3) is 2.98. The standard InChI is InChI=1S/C14H14BrNO2/c15-12-3-1-2-11(8-12)13(9-16)14(17)10-4-6-18-7-5-10/h1-3,8,10,13H,4-7H2. The minimum Gasteiger partial charge on any atom is -0.381 e. The van der Waals surface area contributed by atoms with E-state index >= 15 is 0 Å². The highest BCUT2D eigenvalue weighted by atomic mass is 79.9. The maximum absolute atomic E-state index is 12.3. The van der Waals surface area contributed by atoms with E-state index in [-0.39, 0.29) is 11.7 Å². The molecule has 0 aromatic heterocycles. The minimum atomic E-state index is -0.661. The predicted molar refractivity (Wildman–Crippen MR) is 71.0 cm³/mol. The van der Waals surface area contributed by atoms with Gasteiger partial charge in [-0.15, -0.1) is 0 Å². The zero-order chi connectivity index (χ0) is 13.0. The van der Waals surface area contributed by atoms with Gasteiger partial charge in [0.25, 0.3) is 0 Å². The molecule has 3 nitrogen and oxygen atoms in total. The Bertz CT molecular complexity index is 475. The Balaban J connectivity index is 2.18. The number of Topliss-reactive ketones (excluding diaryl/α,β-unsaturated/α-hetero) is 1. The number of halogens is 1. The molecule has 0 bridgehead atoms. The molecule has 1 aromatic carbocycles. The maximum atomic E-state index is 12.3. The van der Waals surface area contributed by atoms with Crippen molar-refractivity contribution in [1.29, 1.82) is 5.26 Å². The van der Waals surface area contributed by atoms with Crippen LogP contribution in [0.1, 0.15) is 24.3 Å². The first-order chi connectivity index (χ1) is 8.72. The normalized spacial score (nSPS) is 18.0. The second kappa shape index (κ2) is 6.12. The summed E-state index contributed by atoms with van der Waals surface area (Å²) in [5, 5.41) is 9.25. The number of benzene rings is 1. The van der Waals surface area contributed by atoms with E-state index in [1.165, 1.54) is 0 Å². The summed E-state index contributed by atoms with van der Waals surface area (Å²) in [6, 6.07) is 9.53. The molecular formula is C14H14BrNO2. The fourth-order valence-corrected chi connectivity index (χ4v) is 2.62. The number of carbonyl (C=O) groups is 1. The molecule has 0 radical (unpaired) electrons. The van der Waals surface area contributed by atoms with Crippen molar-refractivity contribution >= 4 is 21.7 Å². The average Bonchev–Trinajstić information content (AvgIpc) is 2.40. The van der Waals surface area contributed by atoms with Crippen LogP contribution in [0.5, 0.6) is 0 Å². The molecule has 1 atom stereocenters. The quantitative estimate of drug-likeness (QED) is 0.862. The molecule has 0 saturated carbocycles. The molecule has 94 valence electrons. The number of hydrogen-bond acceptors (Lipinski definition) is 3. The topological polar surface area (TPSA) is 50.1 Å². The van der Waals surface area contributed by atoms with E-state index in [1.807, 2.05) is 24.3 Å². The Hall–Kier alpha value is -1.18. The summed E-state index contributed by atoms with van der Waals surface area (Å²) in [5.74, 6) is -0.674. The molecule has 1 heterocycles. The predicted octanol–water partition coefficient (Wildman–Crippen LogP) is 3.05. The molecule has 1 unspecified atom stereocenters.